The van der Waals surface area contributed by atoms with Gasteiger partial charge in [-0.05, 0) is 50.1 Å². The first kappa shape index (κ1) is 28.2. The van der Waals surface area contributed by atoms with E-state index in [0.29, 0.717) is 72.7 Å². The zero-order valence-electron chi connectivity index (χ0n) is 23.3. The van der Waals surface area contributed by atoms with Crippen LogP contribution >= 0.6 is 23.2 Å². The van der Waals surface area contributed by atoms with E-state index in [1.807, 2.05) is 47.9 Å². The van der Waals surface area contributed by atoms with E-state index in [9.17, 15) is 9.59 Å². The first-order valence-electron chi connectivity index (χ1n) is 14.1. The van der Waals surface area contributed by atoms with Crippen LogP contribution in [-0.4, -0.2) is 92.9 Å². The molecule has 0 radical (unpaired) electrons. The summed E-state index contributed by atoms with van der Waals surface area (Å²) in [5.74, 6) is 0.779. The average Bonchev–Trinajstić information content (AvgIpc) is 3.70. The monoisotopic (exact) mass is 596 g/mol. The van der Waals surface area contributed by atoms with E-state index >= 15 is 0 Å². The molecule has 0 N–H and O–H groups in total. The number of amides is 2. The van der Waals surface area contributed by atoms with Gasteiger partial charge in [-0.15, -0.1) is 0 Å². The Morgan fingerprint density at radius 1 is 0.951 bits per heavy atom. The van der Waals surface area contributed by atoms with Gasteiger partial charge in [0.1, 0.15) is 0 Å². The van der Waals surface area contributed by atoms with Gasteiger partial charge in [0.25, 0.3) is 5.91 Å². The molecule has 0 aliphatic carbocycles. The van der Waals surface area contributed by atoms with Gasteiger partial charge in [-0.2, -0.15) is 4.98 Å². The minimum Gasteiger partial charge on any atom is -0.343 e. The van der Waals surface area contributed by atoms with Crippen LogP contribution in [0.4, 0.5) is 0 Å². The quantitative estimate of drug-likeness (QED) is 0.400. The molecule has 11 heteroatoms. The number of benzene rings is 2. The summed E-state index contributed by atoms with van der Waals surface area (Å²) in [4.78, 5) is 40.0. The molecule has 216 valence electrons. The molecule has 0 unspecified atom stereocenters. The van der Waals surface area contributed by atoms with Gasteiger partial charge in [0, 0.05) is 63.3 Å². The van der Waals surface area contributed by atoms with Crippen LogP contribution in [0.5, 0.6) is 0 Å². The molecular weight excluding hydrogens is 563 g/mol. The normalized spacial score (nSPS) is 23.0. The minimum atomic E-state index is -0.304. The first-order valence-corrected chi connectivity index (χ1v) is 14.9. The SMILES string of the molecule is Cc1cc(C)cc(C(=O)N2CCN(C(=O)CCN3C[C@@H]4C[C@H]3CN4Cc3ncon3)[C@H](c3ccc(Cl)c(Cl)c3)C2)c1. The van der Waals surface area contributed by atoms with E-state index in [1.54, 1.807) is 6.07 Å². The fourth-order valence-electron chi connectivity index (χ4n) is 6.68. The minimum absolute atomic E-state index is 0.0209. The number of piperazine rings is 2. The molecule has 3 aliphatic heterocycles. The van der Waals surface area contributed by atoms with Gasteiger partial charge >= 0.3 is 0 Å². The molecule has 3 atom stereocenters. The molecule has 0 saturated carbocycles. The Balaban J connectivity index is 1.12. The number of nitrogens with zero attached hydrogens (tertiary/aromatic N) is 6. The number of carbonyl (C=O) groups is 2. The van der Waals surface area contributed by atoms with E-state index in [0.717, 1.165) is 36.2 Å². The Kier molecular flexibility index (Phi) is 8.05. The predicted molar refractivity (Wildman–Crippen MR) is 156 cm³/mol. The van der Waals surface area contributed by atoms with Gasteiger partial charge in [0.2, 0.25) is 12.3 Å². The fraction of sp³-hybridized carbons (Fsp3) is 0.467. The van der Waals surface area contributed by atoms with Crippen molar-refractivity contribution < 1.29 is 14.1 Å². The van der Waals surface area contributed by atoms with Crippen LogP contribution in [0.25, 0.3) is 0 Å². The van der Waals surface area contributed by atoms with Crippen LogP contribution in [-0.2, 0) is 11.3 Å². The number of hydrogen-bond acceptors (Lipinski definition) is 7. The van der Waals surface area contributed by atoms with Crippen molar-refractivity contribution >= 4 is 35.0 Å². The molecule has 2 amide bonds. The van der Waals surface area contributed by atoms with Gasteiger partial charge in [0.05, 0.1) is 22.6 Å². The average molecular weight is 598 g/mol. The van der Waals surface area contributed by atoms with Gasteiger partial charge in [0.15, 0.2) is 5.82 Å². The molecule has 2 aromatic carbocycles. The summed E-state index contributed by atoms with van der Waals surface area (Å²) < 4.78 is 4.88. The Morgan fingerprint density at radius 2 is 1.71 bits per heavy atom. The molecule has 1 aromatic heterocycles. The number of fused-ring (bicyclic) bond motifs is 2. The van der Waals surface area contributed by atoms with Crippen molar-refractivity contribution in [3.8, 4) is 0 Å². The highest BCUT2D eigenvalue weighted by Crippen LogP contribution is 2.34. The molecule has 3 saturated heterocycles. The maximum Gasteiger partial charge on any atom is 0.254 e. The Hall–Kier alpha value is -2.98. The van der Waals surface area contributed by atoms with Crippen molar-refractivity contribution in [3.63, 3.8) is 0 Å². The lowest BCUT2D eigenvalue weighted by molar-refractivity contribution is -0.136. The smallest absolute Gasteiger partial charge is 0.254 e. The third kappa shape index (κ3) is 6.00. The number of halogens is 2. The third-order valence-electron chi connectivity index (χ3n) is 8.62. The molecule has 2 bridgehead atoms. The Labute approximate surface area is 250 Å². The van der Waals surface area contributed by atoms with Gasteiger partial charge in [-0.25, -0.2) is 0 Å². The lowest BCUT2D eigenvalue weighted by atomic mass is 10.00. The topological polar surface area (TPSA) is 86.0 Å². The molecule has 4 heterocycles. The number of rotatable bonds is 7. The predicted octanol–water partition coefficient (Wildman–Crippen LogP) is 4.37. The van der Waals surface area contributed by atoms with Gasteiger partial charge in [-0.3, -0.25) is 19.4 Å². The van der Waals surface area contributed by atoms with Crippen molar-refractivity contribution in [1.29, 1.82) is 0 Å². The first-order chi connectivity index (χ1) is 19.7. The molecule has 0 spiro atoms. The van der Waals surface area contributed by atoms with E-state index < -0.39 is 0 Å². The fourth-order valence-corrected chi connectivity index (χ4v) is 6.98. The zero-order chi connectivity index (χ0) is 28.7. The summed E-state index contributed by atoms with van der Waals surface area (Å²) in [6.07, 6.45) is 2.89. The van der Waals surface area contributed by atoms with Gasteiger partial charge < -0.3 is 14.3 Å². The maximum atomic E-state index is 13.7. The number of carbonyl (C=O) groups excluding carboxylic acids is 2. The number of aryl methyl sites for hydroxylation is 2. The number of aromatic nitrogens is 2. The number of likely N-dealkylation sites (tertiary alicyclic amines) is 2. The van der Waals surface area contributed by atoms with Crippen LogP contribution in [0, 0.1) is 13.8 Å². The summed E-state index contributed by atoms with van der Waals surface area (Å²) in [6, 6.07) is 12.0. The van der Waals surface area contributed by atoms with E-state index in [-0.39, 0.29) is 17.9 Å². The maximum absolute atomic E-state index is 13.7. The number of hydrogen-bond donors (Lipinski definition) is 0. The molecule has 9 nitrogen and oxygen atoms in total. The second kappa shape index (κ2) is 11.7. The Bertz CT molecular complexity index is 1410. The van der Waals surface area contributed by atoms with Crippen molar-refractivity contribution in [2.24, 2.45) is 0 Å². The highest BCUT2D eigenvalue weighted by molar-refractivity contribution is 6.42. The second-order valence-corrected chi connectivity index (χ2v) is 12.3. The van der Waals surface area contributed by atoms with Crippen LogP contribution in [0.2, 0.25) is 10.0 Å². The molecule has 3 aliphatic rings. The van der Waals surface area contributed by atoms with E-state index in [4.69, 9.17) is 27.7 Å². The molecular formula is C30H34Cl2N6O3. The summed E-state index contributed by atoms with van der Waals surface area (Å²) in [7, 11) is 0. The van der Waals surface area contributed by atoms with Crippen LogP contribution < -0.4 is 0 Å². The van der Waals surface area contributed by atoms with Crippen LogP contribution in [0.1, 0.15) is 51.8 Å². The standard InChI is InChI=1S/C30H34Cl2N6O3/c1-19-9-20(2)11-22(10-19)30(40)36-7-8-38(27(16-36)21-3-4-25(31)26(32)12-21)29(39)5-6-35-14-24-13-23(35)15-37(24)17-28-33-18-41-34-28/h3-4,9-12,18,23-24,27H,5-8,13-17H2,1-2H3/t23-,24-,27-/m0/s1. The van der Waals surface area contributed by atoms with Gasteiger partial charge in [-0.1, -0.05) is 51.6 Å². The van der Waals surface area contributed by atoms with E-state index in [2.05, 4.69) is 26.0 Å². The second-order valence-electron chi connectivity index (χ2n) is 11.5. The van der Waals surface area contributed by atoms with E-state index in [1.165, 1.54) is 6.39 Å². The molecule has 41 heavy (non-hydrogen) atoms. The summed E-state index contributed by atoms with van der Waals surface area (Å²) in [5, 5.41) is 4.85. The summed E-state index contributed by atoms with van der Waals surface area (Å²) in [5.41, 5.74) is 3.66. The summed E-state index contributed by atoms with van der Waals surface area (Å²) in [6.45, 7) is 8.62. The lowest BCUT2D eigenvalue weighted by Crippen LogP contribution is -2.53. The molecule has 6 rings (SSSR count). The zero-order valence-corrected chi connectivity index (χ0v) is 24.8. The van der Waals surface area contributed by atoms with Crippen molar-refractivity contribution in [2.75, 3.05) is 39.3 Å². The highest BCUT2D eigenvalue weighted by Gasteiger charge is 2.43. The molecule has 3 aromatic rings. The van der Waals surface area contributed by atoms with Crippen LogP contribution in [0.3, 0.4) is 0 Å². The Morgan fingerprint density at radius 3 is 2.39 bits per heavy atom. The van der Waals surface area contributed by atoms with Crippen LogP contribution in [0.15, 0.2) is 47.3 Å². The summed E-state index contributed by atoms with van der Waals surface area (Å²) >= 11 is 12.6. The molecule has 3 fully saturated rings. The largest absolute Gasteiger partial charge is 0.343 e. The van der Waals surface area contributed by atoms with Crippen molar-refractivity contribution in [3.05, 3.63) is 80.9 Å². The van der Waals surface area contributed by atoms with Crippen molar-refractivity contribution in [2.45, 2.75) is 51.4 Å². The lowest BCUT2D eigenvalue weighted by Gasteiger charge is -2.42. The van der Waals surface area contributed by atoms with Crippen molar-refractivity contribution in [1.82, 2.24) is 29.7 Å². The highest BCUT2D eigenvalue weighted by atomic mass is 35.5. The third-order valence-corrected chi connectivity index (χ3v) is 9.36.